The van der Waals surface area contributed by atoms with Crippen molar-refractivity contribution in [2.75, 3.05) is 26.8 Å². The van der Waals surface area contributed by atoms with Gasteiger partial charge in [-0.3, -0.25) is 4.90 Å². The minimum Gasteiger partial charge on any atom is -0.361 e. The highest BCUT2D eigenvalue weighted by Crippen LogP contribution is 2.14. The van der Waals surface area contributed by atoms with Crippen molar-refractivity contribution in [3.05, 3.63) is 39.2 Å². The van der Waals surface area contributed by atoms with Gasteiger partial charge in [0.2, 0.25) is 0 Å². The number of halogens is 1. The van der Waals surface area contributed by atoms with Gasteiger partial charge in [-0.15, -0.1) is 0 Å². The Hall–Kier alpha value is -1.97. The van der Waals surface area contributed by atoms with E-state index in [-0.39, 0.29) is 26.2 Å². The fourth-order valence-electron chi connectivity index (χ4n) is 2.03. The van der Waals surface area contributed by atoms with Crippen LogP contribution in [0.5, 0.6) is 0 Å². The molecule has 0 aromatic carbocycles. The van der Waals surface area contributed by atoms with Crippen molar-refractivity contribution in [1.29, 1.82) is 0 Å². The first-order valence-corrected chi connectivity index (χ1v) is 7.46. The van der Waals surface area contributed by atoms with Gasteiger partial charge >= 0.3 is 0 Å². The van der Waals surface area contributed by atoms with E-state index in [1.165, 1.54) is 0 Å². The van der Waals surface area contributed by atoms with Gasteiger partial charge in [0, 0.05) is 19.3 Å². The molecule has 0 radical (unpaired) electrons. The number of hydrazone groups is 1. The SMILES string of the molecule is CCCOCN1COCN(Cc2ccc(Cl)nc2)/C1=N/[N+](=O)[O-]. The Morgan fingerprint density at radius 1 is 1.48 bits per heavy atom. The van der Waals surface area contributed by atoms with Crippen LogP contribution in [0, 0.1) is 10.1 Å². The number of aromatic nitrogens is 1. The number of rotatable bonds is 7. The lowest BCUT2D eigenvalue weighted by atomic mass is 10.3. The Labute approximate surface area is 138 Å². The average Bonchev–Trinajstić information content (AvgIpc) is 2.52. The fourth-order valence-corrected chi connectivity index (χ4v) is 2.14. The molecule has 0 spiro atoms. The molecule has 1 aromatic heterocycles. The highest BCUT2D eigenvalue weighted by atomic mass is 35.5. The Morgan fingerprint density at radius 2 is 2.26 bits per heavy atom. The van der Waals surface area contributed by atoms with Gasteiger partial charge in [0.25, 0.3) is 5.96 Å². The van der Waals surface area contributed by atoms with E-state index >= 15 is 0 Å². The van der Waals surface area contributed by atoms with Crippen LogP contribution in [-0.4, -0.2) is 52.6 Å². The molecule has 0 atom stereocenters. The van der Waals surface area contributed by atoms with E-state index in [0.717, 1.165) is 12.0 Å². The summed E-state index contributed by atoms with van der Waals surface area (Å²) in [5.41, 5.74) is 0.838. The van der Waals surface area contributed by atoms with Crippen molar-refractivity contribution in [3.8, 4) is 0 Å². The molecule has 1 aromatic rings. The molecule has 1 aliphatic heterocycles. The summed E-state index contributed by atoms with van der Waals surface area (Å²) in [6.45, 7) is 3.46. The summed E-state index contributed by atoms with van der Waals surface area (Å²) < 4.78 is 10.9. The molecule has 2 heterocycles. The number of hydrogen-bond acceptors (Lipinski definition) is 5. The highest BCUT2D eigenvalue weighted by Gasteiger charge is 2.27. The molecule has 0 N–H and O–H groups in total. The third-order valence-corrected chi connectivity index (χ3v) is 3.21. The van der Waals surface area contributed by atoms with Crippen LogP contribution in [0.3, 0.4) is 0 Å². The minimum absolute atomic E-state index is 0.176. The largest absolute Gasteiger partial charge is 0.361 e. The summed E-state index contributed by atoms with van der Waals surface area (Å²) in [6, 6.07) is 3.46. The molecule has 23 heavy (non-hydrogen) atoms. The van der Waals surface area contributed by atoms with Gasteiger partial charge in [-0.2, -0.15) is 0 Å². The second kappa shape index (κ2) is 8.61. The van der Waals surface area contributed by atoms with Crippen LogP contribution < -0.4 is 0 Å². The standard InChI is InChI=1S/C13H18ClN5O4/c1-2-5-22-9-18-10-23-8-17(13(18)16-19(20)21)7-11-3-4-12(14)15-6-11/h3-4,6H,2,5,7-10H2,1H3/b16-13-. The lowest BCUT2D eigenvalue weighted by molar-refractivity contribution is -0.487. The molecule has 9 nitrogen and oxygen atoms in total. The maximum atomic E-state index is 10.8. The lowest BCUT2D eigenvalue weighted by Gasteiger charge is -2.36. The number of pyridine rings is 1. The molecule has 0 unspecified atom stereocenters. The van der Waals surface area contributed by atoms with Crippen molar-refractivity contribution < 1.29 is 14.5 Å². The molecule has 0 saturated carbocycles. The summed E-state index contributed by atoms with van der Waals surface area (Å²) in [7, 11) is 0. The molecule has 10 heteroatoms. The molecule has 1 fully saturated rings. The highest BCUT2D eigenvalue weighted by molar-refractivity contribution is 6.29. The smallest absolute Gasteiger partial charge is 0.279 e. The summed E-state index contributed by atoms with van der Waals surface area (Å²) in [5.74, 6) is 0.201. The normalized spacial score (nSPS) is 16.9. The van der Waals surface area contributed by atoms with E-state index < -0.39 is 5.03 Å². The van der Waals surface area contributed by atoms with E-state index in [1.54, 1.807) is 28.1 Å². The third kappa shape index (κ3) is 5.31. The predicted octanol–water partition coefficient (Wildman–Crippen LogP) is 1.72. The molecular weight excluding hydrogens is 326 g/mol. The summed E-state index contributed by atoms with van der Waals surface area (Å²) >= 11 is 5.76. The van der Waals surface area contributed by atoms with Crippen molar-refractivity contribution in [2.45, 2.75) is 19.9 Å². The van der Waals surface area contributed by atoms with Crippen molar-refractivity contribution in [3.63, 3.8) is 0 Å². The predicted molar refractivity (Wildman–Crippen MR) is 83.0 cm³/mol. The van der Waals surface area contributed by atoms with Crippen LogP contribution in [0.1, 0.15) is 18.9 Å². The topological polar surface area (TPSA) is 93.3 Å². The number of hydrogen-bond donors (Lipinski definition) is 0. The average molecular weight is 344 g/mol. The lowest BCUT2D eigenvalue weighted by Crippen LogP contribution is -2.52. The van der Waals surface area contributed by atoms with Crippen LogP contribution in [0.15, 0.2) is 23.4 Å². The van der Waals surface area contributed by atoms with E-state index in [1.807, 2.05) is 6.92 Å². The molecule has 0 amide bonds. The van der Waals surface area contributed by atoms with Gasteiger partial charge in [-0.25, -0.2) is 15.1 Å². The molecule has 1 aliphatic rings. The first kappa shape index (κ1) is 17.4. The second-order valence-electron chi connectivity index (χ2n) is 4.86. The van der Waals surface area contributed by atoms with E-state index in [2.05, 4.69) is 10.1 Å². The van der Waals surface area contributed by atoms with Gasteiger partial charge in [0.05, 0.1) is 0 Å². The van der Waals surface area contributed by atoms with Gasteiger partial charge in [0.1, 0.15) is 30.4 Å². The zero-order valence-corrected chi connectivity index (χ0v) is 13.5. The van der Waals surface area contributed by atoms with Crippen LogP contribution in [0.25, 0.3) is 0 Å². The van der Waals surface area contributed by atoms with Crippen LogP contribution in [0.4, 0.5) is 0 Å². The molecule has 2 rings (SSSR count). The molecule has 0 bridgehead atoms. The summed E-state index contributed by atoms with van der Waals surface area (Å²) in [5, 5.41) is 14.0. The summed E-state index contributed by atoms with van der Waals surface area (Å²) in [6.07, 6.45) is 2.47. The number of nitro groups is 1. The number of guanidine groups is 1. The maximum Gasteiger partial charge on any atom is 0.279 e. The van der Waals surface area contributed by atoms with Crippen molar-refractivity contribution in [2.24, 2.45) is 5.10 Å². The maximum absolute atomic E-state index is 10.8. The van der Waals surface area contributed by atoms with Crippen LogP contribution in [0.2, 0.25) is 5.15 Å². The first-order valence-electron chi connectivity index (χ1n) is 7.09. The van der Waals surface area contributed by atoms with E-state index in [9.17, 15) is 10.1 Å². The zero-order chi connectivity index (χ0) is 16.7. The second-order valence-corrected chi connectivity index (χ2v) is 5.25. The summed E-state index contributed by atoms with van der Waals surface area (Å²) in [4.78, 5) is 18.1. The van der Waals surface area contributed by atoms with Gasteiger partial charge in [-0.1, -0.05) is 24.6 Å². The Balaban J connectivity index is 2.11. The monoisotopic (exact) mass is 343 g/mol. The Morgan fingerprint density at radius 3 is 2.91 bits per heavy atom. The fraction of sp³-hybridized carbons (Fsp3) is 0.538. The Kier molecular flexibility index (Phi) is 6.51. The van der Waals surface area contributed by atoms with Crippen molar-refractivity contribution in [1.82, 2.24) is 14.8 Å². The third-order valence-electron chi connectivity index (χ3n) is 2.99. The zero-order valence-electron chi connectivity index (χ0n) is 12.7. The van der Waals surface area contributed by atoms with Gasteiger partial charge in [0.15, 0.2) is 5.03 Å². The van der Waals surface area contributed by atoms with Crippen molar-refractivity contribution >= 4 is 17.6 Å². The van der Waals surface area contributed by atoms with Gasteiger partial charge in [-0.05, 0) is 18.1 Å². The van der Waals surface area contributed by atoms with Crippen LogP contribution >= 0.6 is 11.6 Å². The molecule has 126 valence electrons. The van der Waals surface area contributed by atoms with E-state index in [4.69, 9.17) is 21.1 Å². The molecule has 1 saturated heterocycles. The first-order chi connectivity index (χ1) is 11.1. The Bertz CT molecular complexity index is 554. The molecule has 0 aliphatic carbocycles. The quantitative estimate of drug-likeness (QED) is 0.322. The molecular formula is C13H18ClN5O4. The minimum atomic E-state index is -0.722. The van der Waals surface area contributed by atoms with Gasteiger partial charge < -0.3 is 14.4 Å². The van der Waals surface area contributed by atoms with Crippen LogP contribution in [-0.2, 0) is 16.0 Å². The number of ether oxygens (including phenoxy) is 2. The number of nitrogens with zero attached hydrogens (tertiary/aromatic N) is 5. The van der Waals surface area contributed by atoms with E-state index in [0.29, 0.717) is 18.3 Å².